The topological polar surface area (TPSA) is 59.2 Å². The molecule has 3 aromatic rings. The maximum atomic E-state index is 12.1. The number of benzene rings is 1. The van der Waals surface area contributed by atoms with Crippen LogP contribution in [0.4, 0.5) is 5.69 Å². The smallest absolute Gasteiger partial charge is 0.222 e. The number of carbonyl (C=O) groups is 1. The van der Waals surface area contributed by atoms with Crippen LogP contribution in [-0.2, 0) is 4.79 Å². The zero-order chi connectivity index (χ0) is 20.5. The van der Waals surface area contributed by atoms with Gasteiger partial charge in [0.25, 0.3) is 0 Å². The van der Waals surface area contributed by atoms with Gasteiger partial charge in [-0.2, -0.15) is 10.2 Å². The van der Waals surface area contributed by atoms with Crippen LogP contribution in [0.25, 0.3) is 16.6 Å². The van der Waals surface area contributed by atoms with Crippen LogP contribution in [-0.4, -0.2) is 57.1 Å². The number of carbonyl (C=O) groups excluding carboxylic acids is 1. The molecule has 2 aromatic heterocycles. The van der Waals surface area contributed by atoms with Crippen molar-refractivity contribution in [3.63, 3.8) is 0 Å². The van der Waals surface area contributed by atoms with E-state index in [1.54, 1.807) is 0 Å². The van der Waals surface area contributed by atoms with E-state index in [9.17, 15) is 4.79 Å². The summed E-state index contributed by atoms with van der Waals surface area (Å²) in [6.07, 6.45) is 11.0. The minimum absolute atomic E-state index is 0.137. The molecular formula is C22H25ClN6O. The Morgan fingerprint density at radius 1 is 1.13 bits per heavy atom. The van der Waals surface area contributed by atoms with Gasteiger partial charge < -0.3 is 9.80 Å². The third-order valence-electron chi connectivity index (χ3n) is 7.08. The highest BCUT2D eigenvalue weighted by atomic mass is 35.5. The van der Waals surface area contributed by atoms with Crippen LogP contribution in [0.5, 0.6) is 0 Å². The first-order valence-corrected chi connectivity index (χ1v) is 11.1. The molecule has 1 aromatic carbocycles. The van der Waals surface area contributed by atoms with Crippen molar-refractivity contribution in [3.05, 3.63) is 35.7 Å². The summed E-state index contributed by atoms with van der Waals surface area (Å²) in [4.78, 5) is 16.3. The molecule has 6 rings (SSSR count). The largest absolute Gasteiger partial charge is 0.370 e. The van der Waals surface area contributed by atoms with Crippen LogP contribution in [0, 0.1) is 5.41 Å². The molecule has 2 aliphatic heterocycles. The number of halogens is 1. The predicted molar refractivity (Wildman–Crippen MR) is 116 cm³/mol. The van der Waals surface area contributed by atoms with Crippen LogP contribution in [0.15, 0.2) is 30.7 Å². The Hall–Kier alpha value is -2.54. The van der Waals surface area contributed by atoms with Crippen molar-refractivity contribution in [2.45, 2.75) is 38.1 Å². The van der Waals surface area contributed by atoms with Crippen molar-refractivity contribution in [1.82, 2.24) is 24.5 Å². The molecule has 2 saturated heterocycles. The minimum Gasteiger partial charge on any atom is -0.370 e. The fourth-order valence-corrected chi connectivity index (χ4v) is 5.41. The van der Waals surface area contributed by atoms with Crippen LogP contribution in [0.1, 0.15) is 38.1 Å². The molecule has 3 aliphatic rings. The van der Waals surface area contributed by atoms with E-state index < -0.39 is 0 Å². The van der Waals surface area contributed by atoms with E-state index in [-0.39, 0.29) is 11.3 Å². The van der Waals surface area contributed by atoms with E-state index >= 15 is 0 Å². The quantitative estimate of drug-likeness (QED) is 0.643. The number of rotatable bonds is 3. The van der Waals surface area contributed by atoms with Gasteiger partial charge in [0.05, 0.1) is 40.9 Å². The Bertz CT molecular complexity index is 1140. The normalized spacial score (nSPS) is 21.3. The molecule has 30 heavy (non-hydrogen) atoms. The molecule has 156 valence electrons. The second-order valence-corrected chi connectivity index (χ2v) is 9.65. The summed E-state index contributed by atoms with van der Waals surface area (Å²) in [5, 5.41) is 10.9. The standard InChI is InChI=1S/C22H25ClN6O/c1-26-14-22(10-21(26)30)4-6-27(7-5-22)20-9-19-15(8-18(20)23)11-25-29(19)17-12-24-28(13-17)16-2-3-16/h8-9,11-13,16H,2-7,10,14H2,1H3. The van der Waals surface area contributed by atoms with E-state index in [1.165, 1.54) is 12.8 Å². The molecule has 4 heterocycles. The van der Waals surface area contributed by atoms with E-state index in [2.05, 4.69) is 27.4 Å². The number of hydrogen-bond donors (Lipinski definition) is 0. The summed E-state index contributed by atoms with van der Waals surface area (Å²) in [5.41, 5.74) is 3.21. The molecule has 7 nitrogen and oxygen atoms in total. The fourth-order valence-electron chi connectivity index (χ4n) is 5.12. The molecular weight excluding hydrogens is 400 g/mol. The van der Waals surface area contributed by atoms with Gasteiger partial charge in [-0.15, -0.1) is 0 Å². The van der Waals surface area contributed by atoms with Crippen molar-refractivity contribution in [1.29, 1.82) is 0 Å². The number of hydrogen-bond acceptors (Lipinski definition) is 4. The summed E-state index contributed by atoms with van der Waals surface area (Å²) in [6, 6.07) is 4.72. The average molecular weight is 425 g/mol. The Morgan fingerprint density at radius 2 is 1.93 bits per heavy atom. The molecule has 0 unspecified atom stereocenters. The van der Waals surface area contributed by atoms with Crippen LogP contribution < -0.4 is 4.90 Å². The molecule has 1 amide bonds. The zero-order valence-electron chi connectivity index (χ0n) is 17.1. The van der Waals surface area contributed by atoms with Crippen LogP contribution in [0.3, 0.4) is 0 Å². The van der Waals surface area contributed by atoms with Gasteiger partial charge in [-0.1, -0.05) is 11.6 Å². The van der Waals surface area contributed by atoms with E-state index in [0.29, 0.717) is 12.5 Å². The summed E-state index contributed by atoms with van der Waals surface area (Å²) >= 11 is 6.69. The van der Waals surface area contributed by atoms with E-state index in [0.717, 1.165) is 59.8 Å². The minimum atomic E-state index is 0.137. The second-order valence-electron chi connectivity index (χ2n) is 9.24. The van der Waals surface area contributed by atoms with Gasteiger partial charge in [0.15, 0.2) is 0 Å². The fraction of sp³-hybridized carbons (Fsp3) is 0.500. The SMILES string of the molecule is CN1CC2(CCN(c3cc4c(cnn4-c4cnn(C5CC5)c4)cc3Cl)CC2)CC1=O. The Kier molecular flexibility index (Phi) is 3.94. The maximum absolute atomic E-state index is 12.1. The zero-order valence-corrected chi connectivity index (χ0v) is 17.8. The molecule has 1 spiro atoms. The lowest BCUT2D eigenvalue weighted by molar-refractivity contribution is -0.126. The number of piperidine rings is 1. The molecule has 8 heteroatoms. The van der Waals surface area contributed by atoms with E-state index in [1.807, 2.05) is 39.8 Å². The maximum Gasteiger partial charge on any atom is 0.222 e. The number of amides is 1. The van der Waals surface area contributed by atoms with Gasteiger partial charge in [-0.3, -0.25) is 9.48 Å². The predicted octanol–water partition coefficient (Wildman–Crippen LogP) is 3.66. The summed E-state index contributed by atoms with van der Waals surface area (Å²) in [5.74, 6) is 0.276. The van der Waals surface area contributed by atoms with Crippen molar-refractivity contribution in [3.8, 4) is 5.69 Å². The summed E-state index contributed by atoms with van der Waals surface area (Å²) < 4.78 is 4.00. The molecule has 1 aliphatic carbocycles. The highest BCUT2D eigenvalue weighted by molar-refractivity contribution is 6.34. The number of anilines is 1. The third-order valence-corrected chi connectivity index (χ3v) is 7.38. The summed E-state index contributed by atoms with van der Waals surface area (Å²) in [6.45, 7) is 2.71. The molecule has 1 saturated carbocycles. The third kappa shape index (κ3) is 2.90. The van der Waals surface area contributed by atoms with Crippen LogP contribution in [0.2, 0.25) is 5.02 Å². The summed E-state index contributed by atoms with van der Waals surface area (Å²) in [7, 11) is 1.92. The first-order valence-electron chi connectivity index (χ1n) is 10.7. The van der Waals surface area contributed by atoms with Crippen molar-refractivity contribution in [2.24, 2.45) is 5.41 Å². The highest BCUT2D eigenvalue weighted by Gasteiger charge is 2.43. The van der Waals surface area contributed by atoms with E-state index in [4.69, 9.17) is 11.6 Å². The number of nitrogens with zero attached hydrogens (tertiary/aromatic N) is 6. The molecule has 0 radical (unpaired) electrons. The lowest BCUT2D eigenvalue weighted by Crippen LogP contribution is -2.41. The number of aromatic nitrogens is 4. The van der Waals surface area contributed by atoms with Gasteiger partial charge >= 0.3 is 0 Å². The first kappa shape index (κ1) is 18.2. The number of likely N-dealkylation sites (tertiary alicyclic amines) is 1. The van der Waals surface area contributed by atoms with Gasteiger partial charge in [0.2, 0.25) is 5.91 Å². The van der Waals surface area contributed by atoms with Gasteiger partial charge in [0, 0.05) is 43.9 Å². The molecule has 0 N–H and O–H groups in total. The van der Waals surface area contributed by atoms with Crippen molar-refractivity contribution < 1.29 is 4.79 Å². The van der Waals surface area contributed by atoms with Crippen molar-refractivity contribution >= 4 is 34.1 Å². The van der Waals surface area contributed by atoms with Crippen LogP contribution >= 0.6 is 11.6 Å². The Balaban J connectivity index is 1.29. The van der Waals surface area contributed by atoms with Gasteiger partial charge in [0.1, 0.15) is 5.69 Å². The highest BCUT2D eigenvalue weighted by Crippen LogP contribution is 2.43. The van der Waals surface area contributed by atoms with Gasteiger partial charge in [-0.25, -0.2) is 4.68 Å². The lowest BCUT2D eigenvalue weighted by Gasteiger charge is -2.40. The van der Waals surface area contributed by atoms with Crippen molar-refractivity contribution in [2.75, 3.05) is 31.6 Å². The average Bonchev–Trinajstić information content (AvgIpc) is 3.21. The number of fused-ring (bicyclic) bond motifs is 1. The first-order chi connectivity index (χ1) is 14.5. The molecule has 0 bridgehead atoms. The Labute approximate surface area is 180 Å². The molecule has 3 fully saturated rings. The van der Waals surface area contributed by atoms with Gasteiger partial charge in [-0.05, 0) is 37.8 Å². The monoisotopic (exact) mass is 424 g/mol. The molecule has 0 atom stereocenters. The lowest BCUT2D eigenvalue weighted by atomic mass is 9.77. The second kappa shape index (κ2) is 6.48. The Morgan fingerprint density at radius 3 is 2.63 bits per heavy atom.